The van der Waals surface area contributed by atoms with E-state index in [2.05, 4.69) is 33.0 Å². The van der Waals surface area contributed by atoms with Gasteiger partial charge in [0.2, 0.25) is 0 Å². The third-order valence-corrected chi connectivity index (χ3v) is 8.21. The van der Waals surface area contributed by atoms with Gasteiger partial charge in [0.25, 0.3) is 11.8 Å². The first-order valence-corrected chi connectivity index (χ1v) is 12.4. The second-order valence-electron chi connectivity index (χ2n) is 10.3. The van der Waals surface area contributed by atoms with Crippen LogP contribution in [0, 0.1) is 17.3 Å². The minimum atomic E-state index is -0.145. The third-order valence-electron chi connectivity index (χ3n) is 7.04. The van der Waals surface area contributed by atoms with Crippen LogP contribution in [-0.4, -0.2) is 29.8 Å². The Balaban J connectivity index is 1.67. The number of carbonyl (C=O) groups excluding carboxylic acids is 2. The Labute approximate surface area is 190 Å². The van der Waals surface area contributed by atoms with Gasteiger partial charge in [-0.15, -0.1) is 11.3 Å². The molecule has 1 atom stereocenters. The Bertz CT molecular complexity index is 950. The number of fused-ring (bicyclic) bond motifs is 1. The van der Waals surface area contributed by atoms with Gasteiger partial charge < -0.3 is 10.2 Å². The molecule has 31 heavy (non-hydrogen) atoms. The molecular formula is C26H34N2O2S. The van der Waals surface area contributed by atoms with E-state index in [-0.39, 0.29) is 17.2 Å². The summed E-state index contributed by atoms with van der Waals surface area (Å²) in [5.41, 5.74) is 2.79. The summed E-state index contributed by atoms with van der Waals surface area (Å²) in [6.07, 6.45) is 5.10. The Kier molecular flexibility index (Phi) is 6.25. The standard InChI is InChI=1S/C26H34N2O2S/c1-17-12-14-28(15-13-17)25(30)22-20-11-10-19(26(2,3)4)16-21(20)31-24(22)27-23(29)18-8-6-5-7-9-18/h5-9,17,19H,10-16H2,1-4H3,(H,27,29). The zero-order valence-electron chi connectivity index (χ0n) is 19.2. The van der Waals surface area contributed by atoms with E-state index >= 15 is 0 Å². The van der Waals surface area contributed by atoms with Gasteiger partial charge in [0.15, 0.2) is 0 Å². The summed E-state index contributed by atoms with van der Waals surface area (Å²) in [7, 11) is 0. The molecule has 1 unspecified atom stereocenters. The van der Waals surface area contributed by atoms with E-state index in [1.165, 1.54) is 10.4 Å². The van der Waals surface area contributed by atoms with Crippen LogP contribution in [0.4, 0.5) is 5.00 Å². The van der Waals surface area contributed by atoms with E-state index in [0.29, 0.717) is 17.4 Å². The molecule has 1 aromatic heterocycles. The van der Waals surface area contributed by atoms with Gasteiger partial charge in [-0.1, -0.05) is 45.9 Å². The predicted molar refractivity (Wildman–Crippen MR) is 128 cm³/mol. The molecule has 1 aromatic carbocycles. The van der Waals surface area contributed by atoms with Gasteiger partial charge in [0.05, 0.1) is 5.56 Å². The number of nitrogens with zero attached hydrogens (tertiary/aromatic N) is 1. The van der Waals surface area contributed by atoms with Crippen LogP contribution in [0.3, 0.4) is 0 Å². The number of benzene rings is 1. The first-order valence-electron chi connectivity index (χ1n) is 11.5. The van der Waals surface area contributed by atoms with Crippen molar-refractivity contribution in [2.75, 3.05) is 18.4 Å². The molecule has 5 heteroatoms. The fraction of sp³-hybridized carbons (Fsp3) is 0.538. The summed E-state index contributed by atoms with van der Waals surface area (Å²) in [6.45, 7) is 10.8. The van der Waals surface area contributed by atoms with Gasteiger partial charge in [-0.2, -0.15) is 0 Å². The zero-order chi connectivity index (χ0) is 22.2. The molecule has 0 radical (unpaired) electrons. The number of piperidine rings is 1. The van der Waals surface area contributed by atoms with Crippen LogP contribution < -0.4 is 5.32 Å². The number of amides is 2. The highest BCUT2D eigenvalue weighted by atomic mass is 32.1. The van der Waals surface area contributed by atoms with E-state index in [0.717, 1.165) is 55.8 Å². The summed E-state index contributed by atoms with van der Waals surface area (Å²) < 4.78 is 0. The molecule has 1 aliphatic carbocycles. The largest absolute Gasteiger partial charge is 0.339 e. The highest BCUT2D eigenvalue weighted by Crippen LogP contribution is 2.45. The van der Waals surface area contributed by atoms with E-state index in [9.17, 15) is 9.59 Å². The third kappa shape index (κ3) is 4.72. The summed E-state index contributed by atoms with van der Waals surface area (Å²) in [5, 5.41) is 3.83. The van der Waals surface area contributed by atoms with Crippen molar-refractivity contribution in [3.05, 3.63) is 51.9 Å². The molecule has 1 N–H and O–H groups in total. The molecule has 4 nitrogen and oxygen atoms in total. The summed E-state index contributed by atoms with van der Waals surface area (Å²) in [5.74, 6) is 1.22. The maximum atomic E-state index is 13.6. The highest BCUT2D eigenvalue weighted by molar-refractivity contribution is 7.17. The van der Waals surface area contributed by atoms with Crippen LogP contribution in [0.2, 0.25) is 0 Å². The molecule has 1 fully saturated rings. The first-order chi connectivity index (χ1) is 14.7. The van der Waals surface area contributed by atoms with Crippen molar-refractivity contribution in [2.45, 2.75) is 59.8 Å². The second-order valence-corrected chi connectivity index (χ2v) is 11.4. The van der Waals surface area contributed by atoms with Crippen molar-refractivity contribution in [1.29, 1.82) is 0 Å². The number of carbonyl (C=O) groups is 2. The molecule has 2 aliphatic rings. The first kappa shape index (κ1) is 22.1. The number of hydrogen-bond acceptors (Lipinski definition) is 3. The summed E-state index contributed by atoms with van der Waals surface area (Å²) in [6, 6.07) is 9.25. The lowest BCUT2D eigenvalue weighted by Crippen LogP contribution is -2.38. The zero-order valence-corrected chi connectivity index (χ0v) is 20.0. The van der Waals surface area contributed by atoms with E-state index in [1.54, 1.807) is 11.3 Å². The fourth-order valence-electron chi connectivity index (χ4n) is 4.77. The molecule has 166 valence electrons. The SMILES string of the molecule is CC1CCN(C(=O)c2c(NC(=O)c3ccccc3)sc3c2CCC(C(C)(C)C)C3)CC1. The molecule has 4 rings (SSSR count). The lowest BCUT2D eigenvalue weighted by Gasteiger charge is -2.34. The fourth-order valence-corrected chi connectivity index (χ4v) is 6.09. The molecule has 1 aliphatic heterocycles. The summed E-state index contributed by atoms with van der Waals surface area (Å²) >= 11 is 1.62. The van der Waals surface area contributed by atoms with Crippen LogP contribution in [0.1, 0.15) is 78.1 Å². The van der Waals surface area contributed by atoms with Gasteiger partial charge in [-0.3, -0.25) is 9.59 Å². The highest BCUT2D eigenvalue weighted by Gasteiger charge is 2.35. The van der Waals surface area contributed by atoms with Gasteiger partial charge in [0.1, 0.15) is 5.00 Å². The van der Waals surface area contributed by atoms with Crippen LogP contribution >= 0.6 is 11.3 Å². The Morgan fingerprint density at radius 3 is 2.39 bits per heavy atom. The van der Waals surface area contributed by atoms with Crippen molar-refractivity contribution >= 4 is 28.2 Å². The number of hydrogen-bond donors (Lipinski definition) is 1. The lowest BCUT2D eigenvalue weighted by atomic mass is 9.72. The lowest BCUT2D eigenvalue weighted by molar-refractivity contribution is 0.0697. The van der Waals surface area contributed by atoms with E-state index < -0.39 is 0 Å². The molecule has 2 aromatic rings. The minimum absolute atomic E-state index is 0.0990. The van der Waals surface area contributed by atoms with E-state index in [4.69, 9.17) is 0 Å². The van der Waals surface area contributed by atoms with Gasteiger partial charge in [-0.25, -0.2) is 0 Å². The molecular weight excluding hydrogens is 404 g/mol. The van der Waals surface area contributed by atoms with Gasteiger partial charge in [-0.05, 0) is 67.1 Å². The van der Waals surface area contributed by atoms with Crippen molar-refractivity contribution in [3.8, 4) is 0 Å². The normalized spacial score (nSPS) is 19.7. The number of likely N-dealkylation sites (tertiary alicyclic amines) is 1. The predicted octanol–water partition coefficient (Wildman–Crippen LogP) is 6.02. The van der Waals surface area contributed by atoms with Gasteiger partial charge >= 0.3 is 0 Å². The number of thiophene rings is 1. The number of rotatable bonds is 3. The van der Waals surface area contributed by atoms with E-state index in [1.807, 2.05) is 35.2 Å². The summed E-state index contributed by atoms with van der Waals surface area (Å²) in [4.78, 5) is 29.8. The molecule has 2 amide bonds. The van der Waals surface area contributed by atoms with Crippen LogP contribution in [-0.2, 0) is 12.8 Å². The molecule has 2 heterocycles. The van der Waals surface area contributed by atoms with Crippen LogP contribution in [0.5, 0.6) is 0 Å². The Hall–Kier alpha value is -2.14. The Morgan fingerprint density at radius 2 is 1.74 bits per heavy atom. The van der Waals surface area contributed by atoms with Crippen molar-refractivity contribution < 1.29 is 9.59 Å². The molecule has 0 spiro atoms. The van der Waals surface area contributed by atoms with Crippen molar-refractivity contribution in [2.24, 2.45) is 17.3 Å². The monoisotopic (exact) mass is 438 g/mol. The molecule has 1 saturated heterocycles. The number of anilines is 1. The van der Waals surface area contributed by atoms with Crippen LogP contribution in [0.15, 0.2) is 30.3 Å². The smallest absolute Gasteiger partial charge is 0.257 e. The topological polar surface area (TPSA) is 49.4 Å². The Morgan fingerprint density at radius 1 is 1.06 bits per heavy atom. The maximum absolute atomic E-state index is 13.6. The van der Waals surface area contributed by atoms with Crippen molar-refractivity contribution in [1.82, 2.24) is 4.90 Å². The maximum Gasteiger partial charge on any atom is 0.257 e. The number of nitrogens with one attached hydrogen (secondary N) is 1. The molecule has 0 saturated carbocycles. The quantitative estimate of drug-likeness (QED) is 0.637. The molecule has 0 bridgehead atoms. The van der Waals surface area contributed by atoms with Gasteiger partial charge in [0, 0.05) is 23.5 Å². The van der Waals surface area contributed by atoms with Crippen molar-refractivity contribution in [3.63, 3.8) is 0 Å². The average Bonchev–Trinajstić information content (AvgIpc) is 3.10. The second kappa shape index (κ2) is 8.78. The average molecular weight is 439 g/mol. The minimum Gasteiger partial charge on any atom is -0.339 e. The van der Waals surface area contributed by atoms with Crippen LogP contribution in [0.25, 0.3) is 0 Å².